The van der Waals surface area contributed by atoms with Crippen LogP contribution in [0.4, 0.5) is 5.82 Å². The van der Waals surface area contributed by atoms with Crippen LogP contribution in [0.25, 0.3) is 0 Å². The Morgan fingerprint density at radius 1 is 1.44 bits per heavy atom. The Bertz CT molecular complexity index is 411. The number of hydrogen-bond donors (Lipinski definition) is 1. The summed E-state index contributed by atoms with van der Waals surface area (Å²) in [5.74, 6) is 1.93. The van der Waals surface area contributed by atoms with E-state index in [4.69, 9.17) is 11.6 Å². The fraction of sp³-hybridized carbons (Fsp3) is 0.600. The molecular formula is C10H16ClN3OS. The van der Waals surface area contributed by atoms with Gasteiger partial charge in [-0.2, -0.15) is 0 Å². The molecule has 6 heteroatoms. The van der Waals surface area contributed by atoms with Gasteiger partial charge >= 0.3 is 0 Å². The van der Waals surface area contributed by atoms with Crippen molar-refractivity contribution in [3.63, 3.8) is 0 Å². The van der Waals surface area contributed by atoms with Crippen LogP contribution in [0.2, 0.25) is 5.15 Å². The highest BCUT2D eigenvalue weighted by Gasteiger charge is 2.10. The predicted molar refractivity (Wildman–Crippen MR) is 68.5 cm³/mol. The van der Waals surface area contributed by atoms with Gasteiger partial charge in [0.05, 0.1) is 0 Å². The average molecular weight is 262 g/mol. The van der Waals surface area contributed by atoms with Gasteiger partial charge in [-0.15, -0.1) is 0 Å². The van der Waals surface area contributed by atoms with E-state index in [0.717, 1.165) is 11.4 Å². The molecule has 1 heterocycles. The topological polar surface area (TPSA) is 54.9 Å². The molecule has 0 aromatic carbocycles. The lowest BCUT2D eigenvalue weighted by Crippen LogP contribution is -2.23. The van der Waals surface area contributed by atoms with E-state index in [1.807, 2.05) is 13.8 Å². The standard InChI is InChI=1S/C10H16ClN3OS/c1-6(5-16(4)15)12-10-7(2)9(11)13-8(3)14-10/h6H,5H2,1-4H3,(H,12,13,14). The smallest absolute Gasteiger partial charge is 0.137 e. The van der Waals surface area contributed by atoms with Gasteiger partial charge in [0.25, 0.3) is 0 Å². The monoisotopic (exact) mass is 261 g/mol. The van der Waals surface area contributed by atoms with Gasteiger partial charge in [0.1, 0.15) is 16.8 Å². The van der Waals surface area contributed by atoms with Crippen LogP contribution in [0.15, 0.2) is 0 Å². The first-order valence-electron chi connectivity index (χ1n) is 4.97. The molecule has 0 saturated carbocycles. The quantitative estimate of drug-likeness (QED) is 0.842. The Morgan fingerprint density at radius 2 is 2.06 bits per heavy atom. The number of rotatable bonds is 4. The van der Waals surface area contributed by atoms with Gasteiger partial charge in [-0.05, 0) is 20.8 Å². The molecule has 16 heavy (non-hydrogen) atoms. The molecule has 0 saturated heterocycles. The Kier molecular flexibility index (Phi) is 4.68. The third-order valence-corrected chi connectivity index (χ3v) is 3.40. The number of nitrogens with zero attached hydrogens (tertiary/aromatic N) is 2. The van der Waals surface area contributed by atoms with Gasteiger partial charge in [0, 0.05) is 34.4 Å². The average Bonchev–Trinajstić information content (AvgIpc) is 2.11. The lowest BCUT2D eigenvalue weighted by molar-refractivity contribution is 0.682. The molecular weight excluding hydrogens is 246 g/mol. The minimum atomic E-state index is -0.826. The van der Waals surface area contributed by atoms with Crippen molar-refractivity contribution in [2.75, 3.05) is 17.3 Å². The molecule has 0 aliphatic carbocycles. The summed E-state index contributed by atoms with van der Waals surface area (Å²) < 4.78 is 11.1. The van der Waals surface area contributed by atoms with Crippen molar-refractivity contribution < 1.29 is 4.21 Å². The third kappa shape index (κ3) is 3.72. The molecule has 0 aliphatic heterocycles. The van der Waals surface area contributed by atoms with Crippen LogP contribution in [0.1, 0.15) is 18.3 Å². The molecule has 2 unspecified atom stereocenters. The lowest BCUT2D eigenvalue weighted by atomic mass is 10.3. The van der Waals surface area contributed by atoms with E-state index in [9.17, 15) is 4.21 Å². The van der Waals surface area contributed by atoms with Crippen LogP contribution in [0.5, 0.6) is 0 Å². The van der Waals surface area contributed by atoms with E-state index in [1.54, 1.807) is 13.2 Å². The summed E-state index contributed by atoms with van der Waals surface area (Å²) in [6.45, 7) is 5.62. The van der Waals surface area contributed by atoms with Crippen LogP contribution in [0.3, 0.4) is 0 Å². The first-order chi connectivity index (χ1) is 7.40. The fourth-order valence-electron chi connectivity index (χ4n) is 1.36. The molecule has 1 aromatic rings. The van der Waals surface area contributed by atoms with Gasteiger partial charge < -0.3 is 5.32 Å². The van der Waals surface area contributed by atoms with Crippen molar-refractivity contribution in [3.05, 3.63) is 16.5 Å². The second-order valence-corrected chi connectivity index (χ2v) is 5.66. The zero-order valence-corrected chi connectivity index (χ0v) is 11.4. The van der Waals surface area contributed by atoms with Crippen LogP contribution in [-0.2, 0) is 10.8 Å². The summed E-state index contributed by atoms with van der Waals surface area (Å²) in [5, 5.41) is 3.65. The second kappa shape index (κ2) is 5.59. The number of hydrogen-bond acceptors (Lipinski definition) is 4. The van der Waals surface area contributed by atoms with E-state index < -0.39 is 10.8 Å². The Hall–Kier alpha value is -0.680. The number of aryl methyl sites for hydroxylation is 1. The van der Waals surface area contributed by atoms with Gasteiger partial charge in [0.2, 0.25) is 0 Å². The van der Waals surface area contributed by atoms with Crippen LogP contribution in [-0.4, -0.2) is 32.2 Å². The molecule has 0 fully saturated rings. The minimum Gasteiger partial charge on any atom is -0.366 e. The molecule has 0 amide bonds. The maximum atomic E-state index is 11.1. The van der Waals surface area contributed by atoms with Crippen molar-refractivity contribution >= 4 is 28.2 Å². The summed E-state index contributed by atoms with van der Waals surface area (Å²) in [6.07, 6.45) is 1.68. The molecule has 0 aliphatic rings. The number of halogens is 1. The molecule has 2 atom stereocenters. The van der Waals surface area contributed by atoms with Crippen molar-refractivity contribution in [1.29, 1.82) is 0 Å². The molecule has 0 radical (unpaired) electrons. The van der Waals surface area contributed by atoms with Crippen LogP contribution < -0.4 is 5.32 Å². The molecule has 1 N–H and O–H groups in total. The third-order valence-electron chi connectivity index (χ3n) is 2.07. The minimum absolute atomic E-state index is 0.0925. The van der Waals surface area contributed by atoms with E-state index in [2.05, 4.69) is 15.3 Å². The highest BCUT2D eigenvalue weighted by atomic mass is 35.5. The van der Waals surface area contributed by atoms with E-state index in [1.165, 1.54) is 0 Å². The Morgan fingerprint density at radius 3 is 2.62 bits per heavy atom. The number of aromatic nitrogens is 2. The fourth-order valence-corrected chi connectivity index (χ4v) is 2.36. The summed E-state index contributed by atoms with van der Waals surface area (Å²) >= 11 is 5.96. The van der Waals surface area contributed by atoms with Crippen LogP contribution in [0, 0.1) is 13.8 Å². The normalized spacial score (nSPS) is 14.6. The van der Waals surface area contributed by atoms with E-state index in [-0.39, 0.29) is 6.04 Å². The molecule has 1 aromatic heterocycles. The lowest BCUT2D eigenvalue weighted by Gasteiger charge is -2.15. The van der Waals surface area contributed by atoms with E-state index in [0.29, 0.717) is 16.7 Å². The molecule has 0 bridgehead atoms. The summed E-state index contributed by atoms with van der Waals surface area (Å²) in [5.41, 5.74) is 0.820. The highest BCUT2D eigenvalue weighted by molar-refractivity contribution is 7.84. The molecule has 90 valence electrons. The van der Waals surface area contributed by atoms with Crippen LogP contribution >= 0.6 is 11.6 Å². The zero-order valence-electron chi connectivity index (χ0n) is 9.87. The maximum absolute atomic E-state index is 11.1. The Labute approximate surface area is 103 Å². The van der Waals surface area contributed by atoms with Crippen molar-refractivity contribution in [2.45, 2.75) is 26.8 Å². The van der Waals surface area contributed by atoms with Gasteiger partial charge in [0.15, 0.2) is 0 Å². The second-order valence-electron chi connectivity index (χ2n) is 3.82. The maximum Gasteiger partial charge on any atom is 0.137 e. The Balaban J connectivity index is 2.84. The predicted octanol–water partition coefficient (Wildman–Crippen LogP) is 1.93. The molecule has 4 nitrogen and oxygen atoms in total. The summed E-state index contributed by atoms with van der Waals surface area (Å²) in [4.78, 5) is 8.33. The number of nitrogens with one attached hydrogen (secondary N) is 1. The van der Waals surface area contributed by atoms with Gasteiger partial charge in [-0.25, -0.2) is 9.97 Å². The summed E-state index contributed by atoms with van der Waals surface area (Å²) in [7, 11) is -0.826. The number of anilines is 1. The highest BCUT2D eigenvalue weighted by Crippen LogP contribution is 2.20. The van der Waals surface area contributed by atoms with Gasteiger partial charge in [-0.1, -0.05) is 11.6 Å². The molecule has 1 rings (SSSR count). The van der Waals surface area contributed by atoms with Crippen molar-refractivity contribution in [1.82, 2.24) is 9.97 Å². The summed E-state index contributed by atoms with van der Waals surface area (Å²) in [6, 6.07) is 0.0925. The first-order valence-corrected chi connectivity index (χ1v) is 7.08. The first kappa shape index (κ1) is 13.4. The van der Waals surface area contributed by atoms with Crippen molar-refractivity contribution in [3.8, 4) is 0 Å². The molecule has 0 spiro atoms. The SMILES string of the molecule is Cc1nc(Cl)c(C)c(NC(C)CS(C)=O)n1. The van der Waals surface area contributed by atoms with Crippen molar-refractivity contribution in [2.24, 2.45) is 0 Å². The van der Waals surface area contributed by atoms with Gasteiger partial charge in [-0.3, -0.25) is 4.21 Å². The largest absolute Gasteiger partial charge is 0.366 e. The zero-order chi connectivity index (χ0) is 12.3. The van der Waals surface area contributed by atoms with E-state index >= 15 is 0 Å².